The SMILES string of the molecule is CCCC1(CCC)NC(=O)N(CC(=O)NCCc2c(C)cc(C(C)(C)C)cc2C)C1=O. The van der Waals surface area contributed by atoms with Crippen molar-refractivity contribution >= 4 is 17.8 Å². The molecule has 1 aliphatic rings. The second-order valence-electron chi connectivity index (χ2n) is 9.84. The Morgan fingerprint density at radius 1 is 1.06 bits per heavy atom. The van der Waals surface area contributed by atoms with Gasteiger partial charge in [0.15, 0.2) is 0 Å². The molecule has 6 nitrogen and oxygen atoms in total. The number of rotatable bonds is 9. The molecule has 0 atom stereocenters. The van der Waals surface area contributed by atoms with Gasteiger partial charge in [0.2, 0.25) is 5.91 Å². The minimum atomic E-state index is -0.857. The number of hydrogen-bond acceptors (Lipinski definition) is 3. The van der Waals surface area contributed by atoms with Crippen molar-refractivity contribution in [2.45, 2.75) is 91.5 Å². The van der Waals surface area contributed by atoms with Crippen LogP contribution in [0.15, 0.2) is 12.1 Å². The van der Waals surface area contributed by atoms with Gasteiger partial charge >= 0.3 is 6.03 Å². The van der Waals surface area contributed by atoms with E-state index >= 15 is 0 Å². The molecule has 0 radical (unpaired) electrons. The number of hydrogen-bond donors (Lipinski definition) is 2. The molecule has 0 saturated carbocycles. The molecular weight excluding hydrogens is 390 g/mol. The Balaban J connectivity index is 1.97. The van der Waals surface area contributed by atoms with E-state index < -0.39 is 11.6 Å². The molecule has 6 heteroatoms. The Kier molecular flexibility index (Phi) is 7.90. The molecule has 0 aromatic heterocycles. The number of nitrogens with zero attached hydrogens (tertiary/aromatic N) is 1. The molecule has 1 saturated heterocycles. The van der Waals surface area contributed by atoms with Gasteiger partial charge in [-0.1, -0.05) is 59.6 Å². The molecule has 0 spiro atoms. The number of benzene rings is 1. The van der Waals surface area contributed by atoms with Crippen LogP contribution in [0.2, 0.25) is 0 Å². The normalized spacial score (nSPS) is 15.9. The smallest absolute Gasteiger partial charge is 0.325 e. The summed E-state index contributed by atoms with van der Waals surface area (Å²) < 4.78 is 0. The number of aryl methyl sites for hydroxylation is 2. The predicted octanol–water partition coefficient (Wildman–Crippen LogP) is 4.15. The summed E-state index contributed by atoms with van der Waals surface area (Å²) in [6.45, 7) is 15.0. The van der Waals surface area contributed by atoms with Crippen LogP contribution in [-0.4, -0.2) is 41.4 Å². The van der Waals surface area contributed by atoms with Gasteiger partial charge < -0.3 is 10.6 Å². The number of carbonyl (C=O) groups excluding carboxylic acids is 3. The number of amides is 4. The number of imide groups is 1. The molecule has 2 N–H and O–H groups in total. The Labute approximate surface area is 187 Å². The predicted molar refractivity (Wildman–Crippen MR) is 124 cm³/mol. The Morgan fingerprint density at radius 2 is 1.61 bits per heavy atom. The number of carbonyl (C=O) groups is 3. The topological polar surface area (TPSA) is 78.5 Å². The lowest BCUT2D eigenvalue weighted by Gasteiger charge is -2.25. The van der Waals surface area contributed by atoms with E-state index in [0.717, 1.165) is 17.7 Å². The second-order valence-corrected chi connectivity index (χ2v) is 9.84. The summed E-state index contributed by atoms with van der Waals surface area (Å²) in [5.41, 5.74) is 4.21. The Hall–Kier alpha value is -2.37. The summed E-state index contributed by atoms with van der Waals surface area (Å²) in [7, 11) is 0. The average molecular weight is 430 g/mol. The summed E-state index contributed by atoms with van der Waals surface area (Å²) in [5.74, 6) is -0.588. The van der Waals surface area contributed by atoms with Crippen molar-refractivity contribution in [2.24, 2.45) is 0 Å². The maximum atomic E-state index is 12.9. The lowest BCUT2D eigenvalue weighted by atomic mass is 9.83. The van der Waals surface area contributed by atoms with Crippen LogP contribution in [0.3, 0.4) is 0 Å². The van der Waals surface area contributed by atoms with Crippen LogP contribution < -0.4 is 10.6 Å². The lowest BCUT2D eigenvalue weighted by Crippen LogP contribution is -2.47. The van der Waals surface area contributed by atoms with Crippen LogP contribution >= 0.6 is 0 Å². The highest BCUT2D eigenvalue weighted by Gasteiger charge is 2.50. The third-order valence-electron chi connectivity index (χ3n) is 6.16. The fourth-order valence-corrected chi connectivity index (χ4v) is 4.48. The standard InChI is InChI=1S/C25H39N3O3/c1-8-11-25(12-9-2)22(30)28(23(31)27-25)16-21(29)26-13-10-20-17(3)14-19(15-18(20)4)24(5,6)7/h14-15H,8-13,16H2,1-7H3,(H,26,29)(H,27,31). The molecule has 1 heterocycles. The number of urea groups is 1. The van der Waals surface area contributed by atoms with Crippen LogP contribution in [0.1, 0.15) is 82.6 Å². The van der Waals surface area contributed by atoms with E-state index in [9.17, 15) is 14.4 Å². The van der Waals surface area contributed by atoms with E-state index in [4.69, 9.17) is 0 Å². The van der Waals surface area contributed by atoms with Gasteiger partial charge in [-0.2, -0.15) is 0 Å². The first kappa shape index (κ1) is 24.9. The third-order valence-corrected chi connectivity index (χ3v) is 6.16. The molecule has 1 fully saturated rings. The van der Waals surface area contributed by atoms with Gasteiger partial charge in [-0.15, -0.1) is 0 Å². The van der Waals surface area contributed by atoms with Crippen molar-refractivity contribution in [1.29, 1.82) is 0 Å². The minimum absolute atomic E-state index is 0.0931. The second kappa shape index (κ2) is 9.84. The van der Waals surface area contributed by atoms with Crippen LogP contribution in [0.5, 0.6) is 0 Å². The average Bonchev–Trinajstić information content (AvgIpc) is 2.88. The molecule has 0 unspecified atom stereocenters. The molecule has 2 rings (SSSR count). The van der Waals surface area contributed by atoms with Crippen LogP contribution in [0.4, 0.5) is 4.79 Å². The first-order valence-corrected chi connectivity index (χ1v) is 11.5. The van der Waals surface area contributed by atoms with Gasteiger partial charge in [-0.25, -0.2) is 4.79 Å². The first-order chi connectivity index (χ1) is 14.4. The summed E-state index contributed by atoms with van der Waals surface area (Å²) in [5, 5.41) is 5.72. The van der Waals surface area contributed by atoms with Crippen molar-refractivity contribution in [3.05, 3.63) is 34.4 Å². The quantitative estimate of drug-likeness (QED) is 0.579. The number of nitrogens with one attached hydrogen (secondary N) is 2. The fourth-order valence-electron chi connectivity index (χ4n) is 4.48. The largest absolute Gasteiger partial charge is 0.354 e. The van der Waals surface area contributed by atoms with E-state index in [-0.39, 0.29) is 23.8 Å². The zero-order chi connectivity index (χ0) is 23.4. The first-order valence-electron chi connectivity index (χ1n) is 11.5. The lowest BCUT2D eigenvalue weighted by molar-refractivity contribution is -0.135. The molecular formula is C25H39N3O3. The van der Waals surface area contributed by atoms with Crippen molar-refractivity contribution in [1.82, 2.24) is 15.5 Å². The summed E-state index contributed by atoms with van der Waals surface area (Å²) in [6.07, 6.45) is 3.47. The van der Waals surface area contributed by atoms with Crippen LogP contribution in [-0.2, 0) is 21.4 Å². The molecule has 1 aromatic rings. The molecule has 31 heavy (non-hydrogen) atoms. The Morgan fingerprint density at radius 3 is 2.10 bits per heavy atom. The van der Waals surface area contributed by atoms with E-state index in [1.807, 2.05) is 13.8 Å². The molecule has 0 aliphatic carbocycles. The van der Waals surface area contributed by atoms with E-state index in [2.05, 4.69) is 57.4 Å². The van der Waals surface area contributed by atoms with Gasteiger partial charge in [-0.05, 0) is 60.8 Å². The highest BCUT2D eigenvalue weighted by molar-refractivity contribution is 6.09. The summed E-state index contributed by atoms with van der Waals surface area (Å²) >= 11 is 0. The molecule has 1 aromatic carbocycles. The van der Waals surface area contributed by atoms with Crippen LogP contribution in [0.25, 0.3) is 0 Å². The molecule has 4 amide bonds. The van der Waals surface area contributed by atoms with Crippen molar-refractivity contribution in [3.8, 4) is 0 Å². The van der Waals surface area contributed by atoms with Crippen molar-refractivity contribution in [3.63, 3.8) is 0 Å². The maximum Gasteiger partial charge on any atom is 0.325 e. The van der Waals surface area contributed by atoms with Crippen molar-refractivity contribution < 1.29 is 14.4 Å². The van der Waals surface area contributed by atoms with Gasteiger partial charge in [0.1, 0.15) is 12.1 Å². The minimum Gasteiger partial charge on any atom is -0.354 e. The summed E-state index contributed by atoms with van der Waals surface area (Å²) in [4.78, 5) is 38.9. The van der Waals surface area contributed by atoms with E-state index in [0.29, 0.717) is 25.8 Å². The zero-order valence-electron chi connectivity index (χ0n) is 20.3. The van der Waals surface area contributed by atoms with Gasteiger partial charge in [0.25, 0.3) is 5.91 Å². The highest BCUT2D eigenvalue weighted by atomic mass is 16.2. The van der Waals surface area contributed by atoms with Crippen molar-refractivity contribution in [2.75, 3.05) is 13.1 Å². The maximum absolute atomic E-state index is 12.9. The Bertz CT molecular complexity index is 810. The van der Waals surface area contributed by atoms with Gasteiger partial charge in [0, 0.05) is 6.54 Å². The van der Waals surface area contributed by atoms with Gasteiger partial charge in [-0.3, -0.25) is 14.5 Å². The van der Waals surface area contributed by atoms with Crippen LogP contribution in [0, 0.1) is 13.8 Å². The van der Waals surface area contributed by atoms with E-state index in [1.165, 1.54) is 22.3 Å². The van der Waals surface area contributed by atoms with Gasteiger partial charge in [0.05, 0.1) is 0 Å². The molecule has 0 bridgehead atoms. The zero-order valence-corrected chi connectivity index (χ0v) is 20.3. The fraction of sp³-hybridized carbons (Fsp3) is 0.640. The monoisotopic (exact) mass is 429 g/mol. The molecule has 172 valence electrons. The highest BCUT2D eigenvalue weighted by Crippen LogP contribution is 2.28. The third kappa shape index (κ3) is 5.66. The summed E-state index contributed by atoms with van der Waals surface area (Å²) in [6, 6.07) is 3.98. The van der Waals surface area contributed by atoms with E-state index in [1.54, 1.807) is 0 Å². The molecule has 1 aliphatic heterocycles.